The molecule has 1 aromatic carbocycles. The van der Waals surface area contributed by atoms with Gasteiger partial charge in [0.25, 0.3) is 0 Å². The molecule has 0 spiro atoms. The zero-order chi connectivity index (χ0) is 13.1. The first-order valence-corrected chi connectivity index (χ1v) is 5.87. The molecule has 5 nitrogen and oxygen atoms in total. The van der Waals surface area contributed by atoms with Crippen molar-refractivity contribution in [1.29, 1.82) is 0 Å². The monoisotopic (exact) mass is 249 g/mol. The fourth-order valence-electron chi connectivity index (χ4n) is 2.46. The zero-order valence-corrected chi connectivity index (χ0v) is 9.82. The van der Waals surface area contributed by atoms with Gasteiger partial charge >= 0.3 is 12.1 Å². The lowest BCUT2D eigenvalue weighted by molar-refractivity contribution is -0.144. The van der Waals surface area contributed by atoms with Crippen molar-refractivity contribution in [2.45, 2.75) is 24.8 Å². The van der Waals surface area contributed by atoms with Crippen LogP contribution in [0.15, 0.2) is 30.3 Å². The average Bonchev–Trinajstić information content (AvgIpc) is 2.39. The predicted octanol–water partition coefficient (Wildman–Crippen LogP) is 2.00. The van der Waals surface area contributed by atoms with E-state index in [2.05, 4.69) is 0 Å². The number of hydrogen-bond acceptors (Lipinski definition) is 2. The summed E-state index contributed by atoms with van der Waals surface area (Å²) in [6.07, 6.45) is -0.153. The number of carboxylic acids is 1. The molecule has 1 heterocycles. The molecule has 1 aromatic rings. The number of carboxylic acid groups (broad SMARTS) is 2. The number of amides is 1. The molecule has 96 valence electrons. The molecule has 1 aliphatic rings. The predicted molar refractivity (Wildman–Crippen MR) is 64.6 cm³/mol. The highest BCUT2D eigenvalue weighted by Gasteiger charge is 2.36. The van der Waals surface area contributed by atoms with Gasteiger partial charge in [-0.3, -0.25) is 4.90 Å². The summed E-state index contributed by atoms with van der Waals surface area (Å²) in [5, 5.41) is 18.1. The van der Waals surface area contributed by atoms with Crippen LogP contribution in [-0.2, 0) is 4.79 Å². The van der Waals surface area contributed by atoms with Gasteiger partial charge in [0.2, 0.25) is 0 Å². The SMILES string of the molecule is O=C(O)C1CC(c2ccccc2)CCN1C(=O)O. The summed E-state index contributed by atoms with van der Waals surface area (Å²) >= 11 is 0. The van der Waals surface area contributed by atoms with E-state index < -0.39 is 18.1 Å². The van der Waals surface area contributed by atoms with Crippen molar-refractivity contribution < 1.29 is 19.8 Å². The van der Waals surface area contributed by atoms with E-state index in [0.29, 0.717) is 12.8 Å². The lowest BCUT2D eigenvalue weighted by Crippen LogP contribution is -2.49. The molecule has 1 fully saturated rings. The smallest absolute Gasteiger partial charge is 0.408 e. The molecule has 0 bridgehead atoms. The fraction of sp³-hybridized carbons (Fsp3) is 0.385. The van der Waals surface area contributed by atoms with Crippen LogP contribution < -0.4 is 0 Å². The van der Waals surface area contributed by atoms with E-state index in [0.717, 1.165) is 10.5 Å². The van der Waals surface area contributed by atoms with E-state index in [4.69, 9.17) is 10.2 Å². The summed E-state index contributed by atoms with van der Waals surface area (Å²) in [7, 11) is 0. The Morgan fingerprint density at radius 3 is 2.39 bits per heavy atom. The molecule has 2 rings (SSSR count). The van der Waals surface area contributed by atoms with Crippen LogP contribution in [0.2, 0.25) is 0 Å². The summed E-state index contributed by atoms with van der Waals surface area (Å²) in [6.45, 7) is 0.270. The van der Waals surface area contributed by atoms with Crippen molar-refractivity contribution in [3.63, 3.8) is 0 Å². The highest BCUT2D eigenvalue weighted by atomic mass is 16.4. The maximum Gasteiger partial charge on any atom is 0.408 e. The minimum absolute atomic E-state index is 0.114. The summed E-state index contributed by atoms with van der Waals surface area (Å²) in [5.41, 5.74) is 1.08. The van der Waals surface area contributed by atoms with E-state index >= 15 is 0 Å². The van der Waals surface area contributed by atoms with Crippen LogP contribution in [0.1, 0.15) is 24.3 Å². The van der Waals surface area contributed by atoms with E-state index in [1.54, 1.807) is 0 Å². The lowest BCUT2D eigenvalue weighted by atomic mass is 9.85. The first-order valence-electron chi connectivity index (χ1n) is 5.87. The maximum atomic E-state index is 11.1. The fourth-order valence-corrected chi connectivity index (χ4v) is 2.46. The van der Waals surface area contributed by atoms with E-state index in [1.165, 1.54) is 0 Å². The number of piperidine rings is 1. The summed E-state index contributed by atoms with van der Waals surface area (Å²) < 4.78 is 0. The van der Waals surface area contributed by atoms with Crippen LogP contribution >= 0.6 is 0 Å². The maximum absolute atomic E-state index is 11.1. The quantitative estimate of drug-likeness (QED) is 0.840. The number of hydrogen-bond donors (Lipinski definition) is 2. The van der Waals surface area contributed by atoms with Gasteiger partial charge in [0.1, 0.15) is 6.04 Å². The Morgan fingerprint density at radius 1 is 1.17 bits per heavy atom. The van der Waals surface area contributed by atoms with Crippen LogP contribution in [0.4, 0.5) is 4.79 Å². The average molecular weight is 249 g/mol. The molecule has 2 atom stereocenters. The molecular formula is C13H15NO4. The largest absolute Gasteiger partial charge is 0.480 e. The van der Waals surface area contributed by atoms with Crippen molar-refractivity contribution in [2.24, 2.45) is 0 Å². The molecule has 0 aromatic heterocycles. The third-order valence-corrected chi connectivity index (χ3v) is 3.40. The Morgan fingerprint density at radius 2 is 1.83 bits per heavy atom. The van der Waals surface area contributed by atoms with Gasteiger partial charge in [-0.2, -0.15) is 0 Å². The van der Waals surface area contributed by atoms with E-state index in [-0.39, 0.29) is 12.5 Å². The number of rotatable bonds is 2. The topological polar surface area (TPSA) is 77.8 Å². The van der Waals surface area contributed by atoms with Gasteiger partial charge in [-0.1, -0.05) is 30.3 Å². The summed E-state index contributed by atoms with van der Waals surface area (Å²) in [6, 6.07) is 8.70. The number of carbonyl (C=O) groups is 2. The number of benzene rings is 1. The van der Waals surface area contributed by atoms with Gasteiger partial charge in [-0.25, -0.2) is 9.59 Å². The molecule has 2 N–H and O–H groups in total. The zero-order valence-electron chi connectivity index (χ0n) is 9.82. The highest BCUT2D eigenvalue weighted by Crippen LogP contribution is 2.31. The number of nitrogens with zero attached hydrogens (tertiary/aromatic N) is 1. The molecule has 2 unspecified atom stereocenters. The van der Waals surface area contributed by atoms with Crippen LogP contribution in [0, 0.1) is 0 Å². The number of likely N-dealkylation sites (tertiary alicyclic amines) is 1. The molecule has 5 heteroatoms. The minimum atomic E-state index is -1.16. The van der Waals surface area contributed by atoms with Crippen molar-refractivity contribution in [1.82, 2.24) is 4.90 Å². The Labute approximate surface area is 105 Å². The second kappa shape index (κ2) is 5.08. The van der Waals surface area contributed by atoms with Crippen molar-refractivity contribution in [3.8, 4) is 0 Å². The molecular weight excluding hydrogens is 234 g/mol. The second-order valence-electron chi connectivity index (χ2n) is 4.46. The Bertz CT molecular complexity index is 446. The third kappa shape index (κ3) is 2.45. The van der Waals surface area contributed by atoms with Gasteiger partial charge in [0.05, 0.1) is 0 Å². The van der Waals surface area contributed by atoms with Crippen LogP contribution in [0.25, 0.3) is 0 Å². The van der Waals surface area contributed by atoms with Crippen LogP contribution in [0.5, 0.6) is 0 Å². The molecule has 1 aliphatic heterocycles. The van der Waals surface area contributed by atoms with E-state index in [9.17, 15) is 9.59 Å². The first kappa shape index (κ1) is 12.4. The molecule has 0 aliphatic carbocycles. The van der Waals surface area contributed by atoms with Crippen molar-refractivity contribution >= 4 is 12.1 Å². The summed E-state index contributed by atoms with van der Waals surface area (Å²) in [4.78, 5) is 23.1. The molecule has 0 saturated carbocycles. The standard InChI is InChI=1S/C13H15NO4/c15-12(16)11-8-10(6-7-14(11)13(17)18)9-4-2-1-3-5-9/h1-5,10-11H,6-8H2,(H,15,16)(H,17,18). The molecule has 1 saturated heterocycles. The first-order chi connectivity index (χ1) is 8.59. The van der Waals surface area contributed by atoms with Crippen molar-refractivity contribution in [2.75, 3.05) is 6.54 Å². The lowest BCUT2D eigenvalue weighted by Gasteiger charge is -2.35. The minimum Gasteiger partial charge on any atom is -0.480 e. The third-order valence-electron chi connectivity index (χ3n) is 3.40. The van der Waals surface area contributed by atoms with Crippen LogP contribution in [0.3, 0.4) is 0 Å². The van der Waals surface area contributed by atoms with Gasteiger partial charge in [-0.05, 0) is 24.3 Å². The molecule has 0 radical (unpaired) electrons. The van der Waals surface area contributed by atoms with Gasteiger partial charge in [0.15, 0.2) is 0 Å². The second-order valence-corrected chi connectivity index (χ2v) is 4.46. The van der Waals surface area contributed by atoms with Crippen LogP contribution in [-0.4, -0.2) is 39.8 Å². The van der Waals surface area contributed by atoms with Gasteiger partial charge < -0.3 is 10.2 Å². The normalized spacial score (nSPS) is 23.7. The molecule has 18 heavy (non-hydrogen) atoms. The number of aliphatic carboxylic acids is 1. The molecule has 1 amide bonds. The highest BCUT2D eigenvalue weighted by molar-refractivity contribution is 5.79. The Balaban J connectivity index is 2.16. The Hall–Kier alpha value is -2.04. The van der Waals surface area contributed by atoms with E-state index in [1.807, 2.05) is 30.3 Å². The Kier molecular flexibility index (Phi) is 3.50. The van der Waals surface area contributed by atoms with Crippen molar-refractivity contribution in [3.05, 3.63) is 35.9 Å². The summed E-state index contributed by atoms with van der Waals surface area (Å²) in [5.74, 6) is -0.957. The van der Waals surface area contributed by atoms with Gasteiger partial charge in [0, 0.05) is 6.54 Å². The van der Waals surface area contributed by atoms with Gasteiger partial charge in [-0.15, -0.1) is 0 Å².